The SMILES string of the molecule is FC(F)(F)c1ccc(C(OCC2CO2)C(F)(F)F)cc1. The van der Waals surface area contributed by atoms with Gasteiger partial charge in [0.2, 0.25) is 0 Å². The van der Waals surface area contributed by atoms with E-state index in [1.807, 2.05) is 0 Å². The molecule has 0 N–H and O–H groups in total. The van der Waals surface area contributed by atoms with E-state index in [2.05, 4.69) is 0 Å². The van der Waals surface area contributed by atoms with Gasteiger partial charge in [-0.05, 0) is 17.7 Å². The largest absolute Gasteiger partial charge is 0.418 e. The van der Waals surface area contributed by atoms with Crippen molar-refractivity contribution in [2.75, 3.05) is 13.2 Å². The Labute approximate surface area is 110 Å². The summed E-state index contributed by atoms with van der Waals surface area (Å²) in [6, 6.07) is 2.75. The summed E-state index contributed by atoms with van der Waals surface area (Å²) in [5.41, 5.74) is -1.38. The lowest BCUT2D eigenvalue weighted by atomic mass is 10.1. The molecule has 8 heteroatoms. The zero-order valence-electron chi connectivity index (χ0n) is 9.96. The van der Waals surface area contributed by atoms with Gasteiger partial charge >= 0.3 is 12.4 Å². The van der Waals surface area contributed by atoms with Gasteiger partial charge in [-0.3, -0.25) is 0 Å². The molecule has 2 atom stereocenters. The Bertz CT molecular complexity index is 447. The highest BCUT2D eigenvalue weighted by atomic mass is 19.4. The average Bonchev–Trinajstić information content (AvgIpc) is 3.11. The van der Waals surface area contributed by atoms with Gasteiger partial charge < -0.3 is 9.47 Å². The zero-order valence-corrected chi connectivity index (χ0v) is 9.96. The summed E-state index contributed by atoms with van der Waals surface area (Å²) in [6.45, 7) is 0.0861. The Balaban J connectivity index is 2.15. The molecule has 2 nitrogen and oxygen atoms in total. The molecule has 0 radical (unpaired) electrons. The van der Waals surface area contributed by atoms with Crippen LogP contribution in [0.3, 0.4) is 0 Å². The van der Waals surface area contributed by atoms with Crippen LogP contribution >= 0.6 is 0 Å². The molecule has 1 aromatic rings. The predicted molar refractivity (Wildman–Crippen MR) is 55.9 cm³/mol. The van der Waals surface area contributed by atoms with E-state index in [9.17, 15) is 26.3 Å². The average molecular weight is 300 g/mol. The van der Waals surface area contributed by atoms with Gasteiger partial charge in [0.25, 0.3) is 0 Å². The zero-order chi connectivity index (χ0) is 15.0. The van der Waals surface area contributed by atoms with E-state index in [0.717, 1.165) is 12.1 Å². The van der Waals surface area contributed by atoms with Crippen molar-refractivity contribution in [1.82, 2.24) is 0 Å². The molecule has 0 aliphatic carbocycles. The summed E-state index contributed by atoms with van der Waals surface area (Å²) in [5.74, 6) is 0. The molecular formula is C12H10F6O2. The van der Waals surface area contributed by atoms with E-state index in [-0.39, 0.29) is 18.3 Å². The predicted octanol–water partition coefficient (Wildman–Crippen LogP) is 3.72. The van der Waals surface area contributed by atoms with Crippen LogP contribution in [0.25, 0.3) is 0 Å². The molecular weight excluding hydrogens is 290 g/mol. The minimum atomic E-state index is -4.70. The Kier molecular flexibility index (Phi) is 3.97. The number of alkyl halides is 6. The van der Waals surface area contributed by atoms with Crippen molar-refractivity contribution in [2.24, 2.45) is 0 Å². The van der Waals surface area contributed by atoms with Gasteiger partial charge in [-0.1, -0.05) is 12.1 Å². The van der Waals surface area contributed by atoms with Crippen LogP contribution in [-0.4, -0.2) is 25.5 Å². The molecule has 0 aromatic heterocycles. The second-order valence-corrected chi connectivity index (χ2v) is 4.33. The third kappa shape index (κ3) is 3.86. The minimum absolute atomic E-state index is 0.245. The van der Waals surface area contributed by atoms with Crippen molar-refractivity contribution in [2.45, 2.75) is 24.6 Å². The standard InChI is InChI=1S/C12H10F6O2/c13-11(14,15)8-3-1-7(2-4-8)10(12(16,17)18)20-6-9-5-19-9/h1-4,9-10H,5-6H2. The topological polar surface area (TPSA) is 21.8 Å². The maximum Gasteiger partial charge on any atom is 0.418 e. The fourth-order valence-corrected chi connectivity index (χ4v) is 1.59. The summed E-state index contributed by atoms with van der Waals surface area (Å²) < 4.78 is 85.0. The van der Waals surface area contributed by atoms with Gasteiger partial charge in [0.15, 0.2) is 6.10 Å². The maximum absolute atomic E-state index is 12.8. The van der Waals surface area contributed by atoms with Crippen LogP contribution in [0.4, 0.5) is 26.3 Å². The quantitative estimate of drug-likeness (QED) is 0.624. The highest BCUT2D eigenvalue weighted by Crippen LogP contribution is 2.38. The summed E-state index contributed by atoms with van der Waals surface area (Å²) in [4.78, 5) is 0. The molecule has 0 amide bonds. The summed E-state index contributed by atoms with van der Waals surface area (Å²) in [6.07, 6.45) is -11.9. The molecule has 1 aliphatic heterocycles. The second-order valence-electron chi connectivity index (χ2n) is 4.33. The van der Waals surface area contributed by atoms with E-state index < -0.39 is 24.0 Å². The van der Waals surface area contributed by atoms with Crippen LogP contribution in [0.2, 0.25) is 0 Å². The van der Waals surface area contributed by atoms with Crippen molar-refractivity contribution in [3.05, 3.63) is 35.4 Å². The second kappa shape index (κ2) is 5.25. The number of hydrogen-bond acceptors (Lipinski definition) is 2. The van der Waals surface area contributed by atoms with Gasteiger partial charge in [0.05, 0.1) is 18.8 Å². The monoisotopic (exact) mass is 300 g/mol. The van der Waals surface area contributed by atoms with Gasteiger partial charge in [0.1, 0.15) is 6.10 Å². The first kappa shape index (κ1) is 15.1. The Morgan fingerprint density at radius 3 is 2.05 bits per heavy atom. The van der Waals surface area contributed by atoms with E-state index in [1.165, 1.54) is 0 Å². The molecule has 112 valence electrons. The molecule has 1 aromatic carbocycles. The molecule has 1 saturated heterocycles. The van der Waals surface area contributed by atoms with Crippen LogP contribution in [-0.2, 0) is 15.7 Å². The van der Waals surface area contributed by atoms with Crippen LogP contribution in [0, 0.1) is 0 Å². The fourth-order valence-electron chi connectivity index (χ4n) is 1.59. The molecule has 2 rings (SSSR count). The number of ether oxygens (including phenoxy) is 2. The smallest absolute Gasteiger partial charge is 0.371 e. The van der Waals surface area contributed by atoms with Gasteiger partial charge in [-0.15, -0.1) is 0 Å². The summed E-state index contributed by atoms with van der Waals surface area (Å²) in [7, 11) is 0. The first-order valence-corrected chi connectivity index (χ1v) is 5.65. The maximum atomic E-state index is 12.8. The molecule has 20 heavy (non-hydrogen) atoms. The van der Waals surface area contributed by atoms with Crippen molar-refractivity contribution >= 4 is 0 Å². The van der Waals surface area contributed by atoms with Crippen LogP contribution in [0.15, 0.2) is 24.3 Å². The van der Waals surface area contributed by atoms with Crippen LogP contribution in [0.1, 0.15) is 17.2 Å². The van der Waals surface area contributed by atoms with Crippen molar-refractivity contribution < 1.29 is 35.8 Å². The van der Waals surface area contributed by atoms with Crippen molar-refractivity contribution in [3.8, 4) is 0 Å². The number of benzene rings is 1. The van der Waals surface area contributed by atoms with E-state index in [0.29, 0.717) is 18.7 Å². The summed E-state index contributed by atoms with van der Waals surface area (Å²) >= 11 is 0. The Morgan fingerprint density at radius 2 is 1.65 bits per heavy atom. The molecule has 0 saturated carbocycles. The molecule has 2 unspecified atom stereocenters. The normalized spacial score (nSPS) is 20.8. The lowest BCUT2D eigenvalue weighted by Gasteiger charge is -2.21. The third-order valence-electron chi connectivity index (χ3n) is 2.69. The minimum Gasteiger partial charge on any atom is -0.371 e. The van der Waals surface area contributed by atoms with E-state index in [4.69, 9.17) is 9.47 Å². The highest BCUT2D eigenvalue weighted by molar-refractivity contribution is 5.26. The van der Waals surface area contributed by atoms with Crippen LogP contribution < -0.4 is 0 Å². The molecule has 1 fully saturated rings. The first-order valence-electron chi connectivity index (χ1n) is 5.65. The van der Waals surface area contributed by atoms with Gasteiger partial charge in [-0.2, -0.15) is 26.3 Å². The fraction of sp³-hybridized carbons (Fsp3) is 0.500. The lowest BCUT2D eigenvalue weighted by molar-refractivity contribution is -0.224. The van der Waals surface area contributed by atoms with Gasteiger partial charge in [-0.25, -0.2) is 0 Å². The van der Waals surface area contributed by atoms with Crippen molar-refractivity contribution in [3.63, 3.8) is 0 Å². The van der Waals surface area contributed by atoms with Crippen LogP contribution in [0.5, 0.6) is 0 Å². The molecule has 1 aliphatic rings. The number of hydrogen-bond donors (Lipinski definition) is 0. The van der Waals surface area contributed by atoms with E-state index >= 15 is 0 Å². The molecule has 0 spiro atoms. The van der Waals surface area contributed by atoms with Crippen molar-refractivity contribution in [1.29, 1.82) is 0 Å². The summed E-state index contributed by atoms with van der Waals surface area (Å²) in [5, 5.41) is 0. The third-order valence-corrected chi connectivity index (χ3v) is 2.69. The van der Waals surface area contributed by atoms with Gasteiger partial charge in [0, 0.05) is 0 Å². The number of halogens is 6. The lowest BCUT2D eigenvalue weighted by Crippen LogP contribution is -2.25. The number of epoxide rings is 1. The Hall–Kier alpha value is -1.28. The first-order chi connectivity index (χ1) is 9.18. The molecule has 1 heterocycles. The number of rotatable bonds is 4. The highest BCUT2D eigenvalue weighted by Gasteiger charge is 2.43. The van der Waals surface area contributed by atoms with E-state index in [1.54, 1.807) is 0 Å². The molecule has 0 bridgehead atoms. The Morgan fingerprint density at radius 1 is 1.10 bits per heavy atom.